The van der Waals surface area contributed by atoms with Crippen molar-refractivity contribution in [1.29, 1.82) is 0 Å². The van der Waals surface area contributed by atoms with Gasteiger partial charge in [-0.1, -0.05) is 18.2 Å². The third-order valence-electron chi connectivity index (χ3n) is 5.03. The lowest BCUT2D eigenvalue weighted by molar-refractivity contribution is 0.0588. The van der Waals surface area contributed by atoms with Gasteiger partial charge >= 0.3 is 0 Å². The van der Waals surface area contributed by atoms with E-state index >= 15 is 0 Å². The van der Waals surface area contributed by atoms with Gasteiger partial charge < -0.3 is 9.84 Å². The van der Waals surface area contributed by atoms with Crippen LogP contribution >= 0.6 is 0 Å². The molecule has 1 aromatic heterocycles. The first kappa shape index (κ1) is 17.9. The zero-order valence-corrected chi connectivity index (χ0v) is 15.0. The topological polar surface area (TPSA) is 48.8 Å². The molecule has 0 amide bonds. The van der Waals surface area contributed by atoms with Gasteiger partial charge in [-0.3, -0.25) is 14.8 Å². The fraction of sp³-hybridized carbons (Fsp3) is 0.450. The summed E-state index contributed by atoms with van der Waals surface area (Å²) in [5.74, 6) is 0.784. The third-order valence-corrected chi connectivity index (χ3v) is 5.03. The number of hydrogen-bond donors (Lipinski definition) is 1. The molecular formula is C20H27N3O2. The molecule has 0 spiro atoms. The average molecular weight is 341 g/mol. The number of piperazine rings is 1. The van der Waals surface area contributed by atoms with Gasteiger partial charge in [0, 0.05) is 51.2 Å². The predicted octanol–water partition coefficient (Wildman–Crippen LogP) is 2.50. The van der Waals surface area contributed by atoms with Crippen molar-refractivity contribution in [3.05, 3.63) is 59.9 Å². The number of aliphatic hydroxyl groups excluding tert-OH is 1. The van der Waals surface area contributed by atoms with Crippen molar-refractivity contribution < 1.29 is 9.84 Å². The van der Waals surface area contributed by atoms with Crippen molar-refractivity contribution in [3.63, 3.8) is 0 Å². The lowest BCUT2D eigenvalue weighted by Crippen LogP contribution is -2.48. The summed E-state index contributed by atoms with van der Waals surface area (Å²) in [4.78, 5) is 9.03. The van der Waals surface area contributed by atoms with Gasteiger partial charge in [0.25, 0.3) is 0 Å². The number of β-amino-alcohol motifs (C(OH)–C–C–N with tert-alkyl or cyclic N) is 1. The fourth-order valence-electron chi connectivity index (χ4n) is 3.37. The molecule has 1 saturated heterocycles. The number of ether oxygens (including phenoxy) is 1. The maximum absolute atomic E-state index is 10.5. The molecule has 134 valence electrons. The minimum atomic E-state index is -0.489. The Kier molecular flexibility index (Phi) is 6.02. The van der Waals surface area contributed by atoms with E-state index in [1.807, 2.05) is 42.7 Å². The number of aromatic nitrogens is 1. The Labute approximate surface area is 149 Å². The van der Waals surface area contributed by atoms with E-state index in [1.54, 1.807) is 7.11 Å². The van der Waals surface area contributed by atoms with Gasteiger partial charge in [-0.25, -0.2) is 0 Å². The number of methoxy groups -OCH3 is 1. The van der Waals surface area contributed by atoms with Gasteiger partial charge in [-0.2, -0.15) is 0 Å². The molecule has 1 N–H and O–H groups in total. The summed E-state index contributed by atoms with van der Waals surface area (Å²) in [7, 11) is 1.65. The number of pyridine rings is 1. The number of aliphatic hydroxyl groups is 1. The Hall–Kier alpha value is -1.95. The molecule has 0 unspecified atom stereocenters. The quantitative estimate of drug-likeness (QED) is 0.875. The summed E-state index contributed by atoms with van der Waals surface area (Å²) < 4.78 is 5.24. The van der Waals surface area contributed by atoms with E-state index in [-0.39, 0.29) is 0 Å². The highest BCUT2D eigenvalue weighted by molar-refractivity contribution is 5.30. The van der Waals surface area contributed by atoms with E-state index in [9.17, 15) is 5.11 Å². The highest BCUT2D eigenvalue weighted by Gasteiger charge is 2.23. The van der Waals surface area contributed by atoms with E-state index in [0.29, 0.717) is 12.6 Å². The molecule has 1 aliphatic heterocycles. The Morgan fingerprint density at radius 1 is 1.12 bits per heavy atom. The molecule has 25 heavy (non-hydrogen) atoms. The van der Waals surface area contributed by atoms with Gasteiger partial charge in [0.15, 0.2) is 0 Å². The predicted molar refractivity (Wildman–Crippen MR) is 98.6 cm³/mol. The molecule has 5 heteroatoms. The van der Waals surface area contributed by atoms with Crippen LogP contribution in [0.15, 0.2) is 48.8 Å². The van der Waals surface area contributed by atoms with Crippen LogP contribution in [0, 0.1) is 0 Å². The van der Waals surface area contributed by atoms with E-state index in [2.05, 4.69) is 27.8 Å². The van der Waals surface area contributed by atoms with Gasteiger partial charge in [0.2, 0.25) is 0 Å². The molecule has 0 radical (unpaired) electrons. The number of rotatable bonds is 6. The van der Waals surface area contributed by atoms with Crippen LogP contribution in [0.4, 0.5) is 0 Å². The van der Waals surface area contributed by atoms with Gasteiger partial charge in [-0.15, -0.1) is 0 Å². The van der Waals surface area contributed by atoms with E-state index in [0.717, 1.165) is 37.5 Å². The molecule has 2 aromatic rings. The summed E-state index contributed by atoms with van der Waals surface area (Å²) in [6.45, 7) is 6.82. The highest BCUT2D eigenvalue weighted by atomic mass is 16.5. The number of nitrogens with zero attached hydrogens (tertiary/aromatic N) is 3. The molecule has 2 atom stereocenters. The first-order chi connectivity index (χ1) is 12.2. The SMILES string of the molecule is COc1cccc([C@H](O)CN2CCN([C@H](C)c3cccnc3)CC2)c1. The second-order valence-corrected chi connectivity index (χ2v) is 6.59. The Bertz CT molecular complexity index is 657. The summed E-state index contributed by atoms with van der Waals surface area (Å²) in [5.41, 5.74) is 2.16. The van der Waals surface area contributed by atoms with Crippen LogP contribution in [-0.2, 0) is 0 Å². The van der Waals surface area contributed by atoms with Crippen LogP contribution in [-0.4, -0.2) is 59.7 Å². The second kappa shape index (κ2) is 8.43. The summed E-state index contributed by atoms with van der Waals surface area (Å²) in [6.07, 6.45) is 3.27. The molecule has 1 fully saturated rings. The molecule has 1 aromatic carbocycles. The van der Waals surface area contributed by atoms with Crippen molar-refractivity contribution in [3.8, 4) is 5.75 Å². The molecule has 0 saturated carbocycles. The van der Waals surface area contributed by atoms with Crippen molar-refractivity contribution in [2.45, 2.75) is 19.1 Å². The number of hydrogen-bond acceptors (Lipinski definition) is 5. The molecular weight excluding hydrogens is 314 g/mol. The molecule has 0 aliphatic carbocycles. The molecule has 3 rings (SSSR count). The smallest absolute Gasteiger partial charge is 0.119 e. The first-order valence-corrected chi connectivity index (χ1v) is 8.85. The van der Waals surface area contributed by atoms with Crippen LogP contribution in [0.25, 0.3) is 0 Å². The lowest BCUT2D eigenvalue weighted by atomic mass is 10.1. The first-order valence-electron chi connectivity index (χ1n) is 8.85. The van der Waals surface area contributed by atoms with Crippen molar-refractivity contribution in [2.75, 3.05) is 39.8 Å². The minimum absolute atomic E-state index is 0.374. The maximum Gasteiger partial charge on any atom is 0.119 e. The molecule has 2 heterocycles. The van der Waals surface area contributed by atoms with E-state index < -0.39 is 6.10 Å². The zero-order valence-electron chi connectivity index (χ0n) is 15.0. The summed E-state index contributed by atoms with van der Waals surface area (Å²) in [5, 5.41) is 10.5. The Balaban J connectivity index is 1.52. The summed E-state index contributed by atoms with van der Waals surface area (Å²) in [6, 6.07) is 12.2. The van der Waals surface area contributed by atoms with Crippen LogP contribution < -0.4 is 4.74 Å². The molecule has 0 bridgehead atoms. The Morgan fingerprint density at radius 2 is 1.88 bits per heavy atom. The zero-order chi connectivity index (χ0) is 17.6. The minimum Gasteiger partial charge on any atom is -0.497 e. The van der Waals surface area contributed by atoms with Crippen LogP contribution in [0.5, 0.6) is 5.75 Å². The van der Waals surface area contributed by atoms with E-state index in [4.69, 9.17) is 4.74 Å². The van der Waals surface area contributed by atoms with Crippen molar-refractivity contribution in [1.82, 2.24) is 14.8 Å². The maximum atomic E-state index is 10.5. The number of benzene rings is 1. The third kappa shape index (κ3) is 4.57. The standard InChI is InChI=1S/C20H27N3O2/c1-16(18-6-4-8-21-14-18)23-11-9-22(10-12-23)15-20(24)17-5-3-7-19(13-17)25-2/h3-8,13-14,16,20,24H,9-12,15H2,1-2H3/t16-,20-/m1/s1. The Morgan fingerprint density at radius 3 is 2.56 bits per heavy atom. The monoisotopic (exact) mass is 341 g/mol. The van der Waals surface area contributed by atoms with Crippen molar-refractivity contribution >= 4 is 0 Å². The second-order valence-electron chi connectivity index (χ2n) is 6.59. The highest BCUT2D eigenvalue weighted by Crippen LogP contribution is 2.23. The lowest BCUT2D eigenvalue weighted by Gasteiger charge is -2.38. The van der Waals surface area contributed by atoms with Gasteiger partial charge in [-0.05, 0) is 36.2 Å². The normalized spacial score (nSPS) is 18.7. The molecule has 1 aliphatic rings. The van der Waals surface area contributed by atoms with Crippen LogP contribution in [0.3, 0.4) is 0 Å². The van der Waals surface area contributed by atoms with Crippen molar-refractivity contribution in [2.24, 2.45) is 0 Å². The molecule has 5 nitrogen and oxygen atoms in total. The summed E-state index contributed by atoms with van der Waals surface area (Å²) >= 11 is 0. The van der Waals surface area contributed by atoms with E-state index in [1.165, 1.54) is 5.56 Å². The largest absolute Gasteiger partial charge is 0.497 e. The van der Waals surface area contributed by atoms with Gasteiger partial charge in [0.1, 0.15) is 5.75 Å². The fourth-order valence-corrected chi connectivity index (χ4v) is 3.37. The average Bonchev–Trinajstić information content (AvgIpc) is 2.68. The van der Waals surface area contributed by atoms with Crippen LogP contribution in [0.1, 0.15) is 30.2 Å². The van der Waals surface area contributed by atoms with Gasteiger partial charge in [0.05, 0.1) is 13.2 Å². The van der Waals surface area contributed by atoms with Crippen LogP contribution in [0.2, 0.25) is 0 Å².